The number of hydrogen-bond donors (Lipinski definition) is 2. The number of carbonyl (C=O) groups is 1. The molecule has 0 unspecified atom stereocenters. The van der Waals surface area contributed by atoms with Crippen LogP contribution in [0.5, 0.6) is 0 Å². The minimum atomic E-state index is -1.25. The molecule has 2 N–H and O–H groups in total. The van der Waals surface area contributed by atoms with Gasteiger partial charge in [-0.05, 0) is 17.7 Å². The maximum Gasteiger partial charge on any atom is 0.338 e. The number of hydrogen-bond acceptors (Lipinski definition) is 4. The molecule has 0 aromatic heterocycles. The van der Waals surface area contributed by atoms with Crippen molar-refractivity contribution in [3.63, 3.8) is 0 Å². The Balaban J connectivity index is 1.93. The third kappa shape index (κ3) is 3.25. The van der Waals surface area contributed by atoms with Gasteiger partial charge in [0.2, 0.25) is 0 Å². The standard InChI is InChI=1S/C12H15FN2O3/c13-11-7-9(1-2-10(11)12(16)17)8-14-15-3-5-18-6-4-15/h1-2,7,14H,3-6,8H2,(H,16,17). The first-order chi connectivity index (χ1) is 8.66. The van der Waals surface area contributed by atoms with Gasteiger partial charge in [0.25, 0.3) is 0 Å². The van der Waals surface area contributed by atoms with E-state index in [0.29, 0.717) is 25.3 Å². The highest BCUT2D eigenvalue weighted by Crippen LogP contribution is 2.10. The number of benzene rings is 1. The second-order valence-electron chi connectivity index (χ2n) is 4.05. The molecule has 1 aromatic rings. The summed E-state index contributed by atoms with van der Waals surface area (Å²) in [6.45, 7) is 3.40. The van der Waals surface area contributed by atoms with Crippen molar-refractivity contribution >= 4 is 5.97 Å². The van der Waals surface area contributed by atoms with Crippen molar-refractivity contribution in [1.29, 1.82) is 0 Å². The lowest BCUT2D eigenvalue weighted by atomic mass is 10.1. The van der Waals surface area contributed by atoms with Crippen molar-refractivity contribution in [3.8, 4) is 0 Å². The van der Waals surface area contributed by atoms with Crippen LogP contribution in [0.15, 0.2) is 18.2 Å². The molecule has 0 spiro atoms. The Bertz CT molecular complexity index is 433. The van der Waals surface area contributed by atoms with Crippen molar-refractivity contribution < 1.29 is 19.0 Å². The van der Waals surface area contributed by atoms with E-state index in [2.05, 4.69) is 5.43 Å². The predicted molar refractivity (Wildman–Crippen MR) is 62.6 cm³/mol. The molecule has 1 aromatic carbocycles. The fourth-order valence-corrected chi connectivity index (χ4v) is 1.77. The molecular weight excluding hydrogens is 239 g/mol. The quantitative estimate of drug-likeness (QED) is 0.834. The van der Waals surface area contributed by atoms with E-state index in [9.17, 15) is 9.18 Å². The van der Waals surface area contributed by atoms with E-state index in [1.54, 1.807) is 6.07 Å². The fraction of sp³-hybridized carbons (Fsp3) is 0.417. The Hall–Kier alpha value is -1.50. The average molecular weight is 254 g/mol. The molecule has 5 nitrogen and oxygen atoms in total. The van der Waals surface area contributed by atoms with E-state index in [4.69, 9.17) is 9.84 Å². The number of rotatable bonds is 4. The number of halogens is 1. The Kier molecular flexibility index (Phi) is 4.24. The molecular formula is C12H15FN2O3. The third-order valence-corrected chi connectivity index (χ3v) is 2.78. The minimum absolute atomic E-state index is 0.301. The Morgan fingerprint density at radius 1 is 1.44 bits per heavy atom. The monoisotopic (exact) mass is 254 g/mol. The zero-order valence-corrected chi connectivity index (χ0v) is 9.86. The van der Waals surface area contributed by atoms with Crippen LogP contribution in [-0.2, 0) is 11.3 Å². The van der Waals surface area contributed by atoms with Crippen LogP contribution in [0.25, 0.3) is 0 Å². The van der Waals surface area contributed by atoms with Gasteiger partial charge in [0.1, 0.15) is 5.82 Å². The van der Waals surface area contributed by atoms with Crippen LogP contribution in [0.3, 0.4) is 0 Å². The van der Waals surface area contributed by atoms with Gasteiger partial charge >= 0.3 is 5.97 Å². The first-order valence-corrected chi connectivity index (χ1v) is 5.75. The van der Waals surface area contributed by atoms with Crippen molar-refractivity contribution in [2.24, 2.45) is 0 Å². The summed E-state index contributed by atoms with van der Waals surface area (Å²) in [5.41, 5.74) is 3.56. The van der Waals surface area contributed by atoms with Gasteiger partial charge in [0.15, 0.2) is 0 Å². The van der Waals surface area contributed by atoms with E-state index >= 15 is 0 Å². The maximum atomic E-state index is 13.4. The summed E-state index contributed by atoms with van der Waals surface area (Å²) in [6.07, 6.45) is 0. The van der Waals surface area contributed by atoms with Crippen LogP contribution in [0, 0.1) is 5.82 Å². The zero-order chi connectivity index (χ0) is 13.0. The van der Waals surface area contributed by atoms with Gasteiger partial charge in [-0.25, -0.2) is 14.2 Å². The second kappa shape index (κ2) is 5.90. The highest BCUT2D eigenvalue weighted by molar-refractivity contribution is 5.87. The second-order valence-corrected chi connectivity index (χ2v) is 4.05. The number of hydrazine groups is 1. The summed E-state index contributed by atoms with van der Waals surface area (Å²) < 4.78 is 18.6. The van der Waals surface area contributed by atoms with Crippen LogP contribution in [0.1, 0.15) is 15.9 Å². The summed E-state index contributed by atoms with van der Waals surface area (Å²) >= 11 is 0. The third-order valence-electron chi connectivity index (χ3n) is 2.78. The van der Waals surface area contributed by atoms with Crippen LogP contribution in [-0.4, -0.2) is 42.4 Å². The number of morpholine rings is 1. The average Bonchev–Trinajstić information content (AvgIpc) is 2.37. The first kappa shape index (κ1) is 12.9. The van der Waals surface area contributed by atoms with Crippen molar-refractivity contribution in [2.45, 2.75) is 6.54 Å². The summed E-state index contributed by atoms with van der Waals surface area (Å²) in [5.74, 6) is -1.95. The number of nitrogens with zero attached hydrogens (tertiary/aromatic N) is 1. The van der Waals surface area contributed by atoms with E-state index < -0.39 is 11.8 Å². The number of carboxylic acid groups (broad SMARTS) is 1. The van der Waals surface area contributed by atoms with Gasteiger partial charge in [0, 0.05) is 19.6 Å². The minimum Gasteiger partial charge on any atom is -0.478 e. The molecule has 2 rings (SSSR count). The fourth-order valence-electron chi connectivity index (χ4n) is 1.77. The molecule has 6 heteroatoms. The molecule has 1 saturated heterocycles. The molecule has 1 aliphatic rings. The van der Waals surface area contributed by atoms with E-state index in [-0.39, 0.29) is 5.56 Å². The molecule has 0 radical (unpaired) electrons. The van der Waals surface area contributed by atoms with E-state index in [0.717, 1.165) is 13.1 Å². The summed E-state index contributed by atoms with van der Waals surface area (Å²) in [4.78, 5) is 10.7. The lowest BCUT2D eigenvalue weighted by Gasteiger charge is -2.27. The Morgan fingerprint density at radius 2 is 2.17 bits per heavy atom. The predicted octanol–water partition coefficient (Wildman–Crippen LogP) is 0.861. The summed E-state index contributed by atoms with van der Waals surface area (Å²) in [5, 5.41) is 10.7. The molecule has 1 fully saturated rings. The molecule has 18 heavy (non-hydrogen) atoms. The Labute approximate surface area is 104 Å². The van der Waals surface area contributed by atoms with Crippen LogP contribution in [0.2, 0.25) is 0 Å². The van der Waals surface area contributed by atoms with Gasteiger partial charge in [-0.1, -0.05) is 6.07 Å². The molecule has 1 aliphatic heterocycles. The molecule has 0 saturated carbocycles. The molecule has 0 bridgehead atoms. The summed E-state index contributed by atoms with van der Waals surface area (Å²) in [7, 11) is 0. The highest BCUT2D eigenvalue weighted by atomic mass is 19.1. The van der Waals surface area contributed by atoms with Gasteiger partial charge < -0.3 is 9.84 Å². The van der Waals surface area contributed by atoms with E-state index in [1.807, 2.05) is 5.01 Å². The highest BCUT2D eigenvalue weighted by Gasteiger charge is 2.12. The first-order valence-electron chi connectivity index (χ1n) is 5.75. The SMILES string of the molecule is O=C(O)c1ccc(CNN2CCOCC2)cc1F. The van der Waals surface area contributed by atoms with Gasteiger partial charge in [-0.15, -0.1) is 0 Å². The lowest BCUT2D eigenvalue weighted by molar-refractivity contribution is 0.0105. The molecule has 1 heterocycles. The van der Waals surface area contributed by atoms with Gasteiger partial charge in [-0.3, -0.25) is 5.43 Å². The summed E-state index contributed by atoms with van der Waals surface area (Å²) in [6, 6.07) is 4.14. The smallest absolute Gasteiger partial charge is 0.338 e. The van der Waals surface area contributed by atoms with E-state index in [1.165, 1.54) is 12.1 Å². The van der Waals surface area contributed by atoms with Crippen LogP contribution < -0.4 is 5.43 Å². The maximum absolute atomic E-state index is 13.4. The van der Waals surface area contributed by atoms with Crippen molar-refractivity contribution in [2.75, 3.05) is 26.3 Å². The van der Waals surface area contributed by atoms with Gasteiger partial charge in [0.05, 0.1) is 18.8 Å². The lowest BCUT2D eigenvalue weighted by Crippen LogP contribution is -2.45. The Morgan fingerprint density at radius 3 is 2.78 bits per heavy atom. The van der Waals surface area contributed by atoms with Gasteiger partial charge in [-0.2, -0.15) is 0 Å². The van der Waals surface area contributed by atoms with Crippen LogP contribution in [0.4, 0.5) is 4.39 Å². The van der Waals surface area contributed by atoms with Crippen molar-refractivity contribution in [3.05, 3.63) is 35.1 Å². The molecule has 98 valence electrons. The largest absolute Gasteiger partial charge is 0.478 e. The zero-order valence-electron chi connectivity index (χ0n) is 9.86. The molecule has 0 aliphatic carbocycles. The normalized spacial score (nSPS) is 16.7. The number of ether oxygens (including phenoxy) is 1. The topological polar surface area (TPSA) is 61.8 Å². The van der Waals surface area contributed by atoms with Crippen LogP contribution >= 0.6 is 0 Å². The molecule has 0 atom stereocenters. The number of aromatic carboxylic acids is 1. The van der Waals surface area contributed by atoms with Crippen molar-refractivity contribution in [1.82, 2.24) is 10.4 Å². The number of nitrogens with one attached hydrogen (secondary N) is 1. The molecule has 0 amide bonds. The number of carboxylic acids is 1.